The molecule has 0 spiro atoms. The second-order valence-electron chi connectivity index (χ2n) is 7.06. The Hall–Kier alpha value is -4.08. The van der Waals surface area contributed by atoms with Crippen molar-refractivity contribution in [1.29, 1.82) is 0 Å². The van der Waals surface area contributed by atoms with Gasteiger partial charge in [0.05, 0.1) is 55.1 Å². The van der Waals surface area contributed by atoms with Gasteiger partial charge in [0.25, 0.3) is 0 Å². The van der Waals surface area contributed by atoms with Crippen LogP contribution in [0.15, 0.2) is 36.7 Å². The third-order valence-electron chi connectivity index (χ3n) is 5.03. The van der Waals surface area contributed by atoms with Gasteiger partial charge in [-0.2, -0.15) is 0 Å². The van der Waals surface area contributed by atoms with Gasteiger partial charge in [-0.25, -0.2) is 4.98 Å². The Kier molecular flexibility index (Phi) is 8.44. The van der Waals surface area contributed by atoms with Crippen LogP contribution in [0.4, 0.5) is 11.6 Å². The highest BCUT2D eigenvalue weighted by molar-refractivity contribution is 5.55. The zero-order valence-corrected chi connectivity index (χ0v) is 20.2. The van der Waals surface area contributed by atoms with Crippen LogP contribution >= 0.6 is 0 Å². The molecule has 0 aliphatic heterocycles. The Labute approximate surface area is 199 Å². The number of aromatic nitrogens is 2. The Morgan fingerprint density at radius 1 is 0.559 bits per heavy atom. The number of nitrogens with one attached hydrogen (secondary N) is 2. The average molecular weight is 471 g/mol. The summed E-state index contributed by atoms with van der Waals surface area (Å²) in [5, 5.41) is 6.54. The minimum absolute atomic E-state index is 0.488. The van der Waals surface area contributed by atoms with E-state index in [0.717, 1.165) is 11.1 Å². The van der Waals surface area contributed by atoms with E-state index in [2.05, 4.69) is 20.6 Å². The van der Waals surface area contributed by atoms with E-state index in [0.29, 0.717) is 59.2 Å². The van der Waals surface area contributed by atoms with Gasteiger partial charge >= 0.3 is 0 Å². The molecule has 182 valence electrons. The van der Waals surface area contributed by atoms with Crippen molar-refractivity contribution in [3.63, 3.8) is 0 Å². The molecule has 0 aliphatic rings. The molecule has 1 aromatic heterocycles. The third-order valence-corrected chi connectivity index (χ3v) is 5.03. The van der Waals surface area contributed by atoms with E-state index in [-0.39, 0.29) is 0 Å². The lowest BCUT2D eigenvalue weighted by Crippen LogP contribution is -2.07. The predicted octanol–water partition coefficient (Wildman–Crippen LogP) is 3.75. The van der Waals surface area contributed by atoms with Gasteiger partial charge in [0, 0.05) is 13.1 Å². The number of anilines is 2. The fourth-order valence-corrected chi connectivity index (χ4v) is 3.40. The molecule has 10 nitrogen and oxygen atoms in total. The first-order valence-corrected chi connectivity index (χ1v) is 10.4. The van der Waals surface area contributed by atoms with E-state index in [1.165, 1.54) is 0 Å². The molecule has 0 fully saturated rings. The van der Waals surface area contributed by atoms with E-state index in [9.17, 15) is 0 Å². The fraction of sp³-hybridized carbons (Fsp3) is 0.333. The van der Waals surface area contributed by atoms with Crippen LogP contribution in [0.2, 0.25) is 0 Å². The Morgan fingerprint density at radius 3 is 1.21 bits per heavy atom. The Morgan fingerprint density at radius 2 is 0.912 bits per heavy atom. The van der Waals surface area contributed by atoms with Gasteiger partial charge in [-0.1, -0.05) is 0 Å². The van der Waals surface area contributed by atoms with Crippen LogP contribution in [0, 0.1) is 0 Å². The number of hydrogen-bond acceptors (Lipinski definition) is 10. The molecule has 2 aromatic carbocycles. The molecule has 3 aromatic rings. The summed E-state index contributed by atoms with van der Waals surface area (Å²) in [6.45, 7) is 0.976. The van der Waals surface area contributed by atoms with Gasteiger partial charge in [-0.05, 0) is 35.4 Å². The SMILES string of the molecule is COc1cc(CNc2cncc(NCc3cc(OC)c(OC)c(OC)c3)n2)cc(OC)c1OC. The first kappa shape index (κ1) is 24.6. The van der Waals surface area contributed by atoms with E-state index >= 15 is 0 Å². The lowest BCUT2D eigenvalue weighted by atomic mass is 10.1. The lowest BCUT2D eigenvalue weighted by Gasteiger charge is -2.15. The molecule has 0 saturated carbocycles. The Bertz CT molecular complexity index is 976. The molecule has 3 rings (SSSR count). The second kappa shape index (κ2) is 11.7. The zero-order chi connectivity index (χ0) is 24.5. The van der Waals surface area contributed by atoms with E-state index < -0.39 is 0 Å². The van der Waals surface area contributed by atoms with Crippen molar-refractivity contribution in [2.45, 2.75) is 13.1 Å². The third kappa shape index (κ3) is 5.64. The minimum atomic E-state index is 0.488. The number of hydrogen-bond donors (Lipinski definition) is 2. The van der Waals surface area contributed by atoms with Gasteiger partial charge in [-0.15, -0.1) is 0 Å². The van der Waals surface area contributed by atoms with E-state index in [4.69, 9.17) is 28.4 Å². The van der Waals surface area contributed by atoms with Crippen molar-refractivity contribution in [2.75, 3.05) is 53.3 Å². The van der Waals surface area contributed by atoms with Gasteiger partial charge in [0.15, 0.2) is 23.0 Å². The molecule has 0 bridgehead atoms. The minimum Gasteiger partial charge on any atom is -0.493 e. The van der Waals surface area contributed by atoms with Gasteiger partial charge in [0.2, 0.25) is 11.5 Å². The maximum absolute atomic E-state index is 5.42. The summed E-state index contributed by atoms with van der Waals surface area (Å²) in [6.07, 6.45) is 3.31. The molecular formula is C24H30N4O6. The van der Waals surface area contributed by atoms with Gasteiger partial charge < -0.3 is 39.1 Å². The molecule has 0 radical (unpaired) electrons. The maximum atomic E-state index is 5.42. The molecule has 0 amide bonds. The highest BCUT2D eigenvalue weighted by Gasteiger charge is 2.14. The standard InChI is InChI=1S/C24H30N4O6/c1-29-17-7-15(8-18(30-2)23(17)33-5)11-26-21-13-25-14-22(28-21)27-12-16-9-19(31-3)24(34-6)20(10-16)32-4/h7-10,13-14H,11-12H2,1-6H3,(H2,26,27,28). The predicted molar refractivity (Wildman–Crippen MR) is 129 cm³/mol. The summed E-state index contributed by atoms with van der Waals surface area (Å²) < 4.78 is 32.4. The van der Waals surface area contributed by atoms with Crippen molar-refractivity contribution in [3.8, 4) is 34.5 Å². The molecule has 10 heteroatoms. The summed E-state index contributed by atoms with van der Waals surface area (Å²) in [6, 6.07) is 7.53. The van der Waals surface area contributed by atoms with Crippen molar-refractivity contribution >= 4 is 11.6 Å². The van der Waals surface area contributed by atoms with Crippen molar-refractivity contribution < 1.29 is 28.4 Å². The summed E-state index contributed by atoms with van der Waals surface area (Å²) in [7, 11) is 9.49. The van der Waals surface area contributed by atoms with Crippen LogP contribution < -0.4 is 39.1 Å². The van der Waals surface area contributed by atoms with Crippen molar-refractivity contribution in [2.24, 2.45) is 0 Å². The maximum Gasteiger partial charge on any atom is 0.203 e. The molecule has 0 aliphatic carbocycles. The largest absolute Gasteiger partial charge is 0.493 e. The van der Waals surface area contributed by atoms with Crippen molar-refractivity contribution in [3.05, 3.63) is 47.8 Å². The summed E-state index contributed by atoms with van der Waals surface area (Å²) in [5.41, 5.74) is 1.87. The summed E-state index contributed by atoms with van der Waals surface area (Å²) in [4.78, 5) is 8.85. The smallest absolute Gasteiger partial charge is 0.203 e. The number of rotatable bonds is 12. The molecule has 1 heterocycles. The zero-order valence-electron chi connectivity index (χ0n) is 20.2. The molecule has 0 unspecified atom stereocenters. The van der Waals surface area contributed by atoms with Crippen molar-refractivity contribution in [1.82, 2.24) is 9.97 Å². The molecular weight excluding hydrogens is 440 g/mol. The van der Waals surface area contributed by atoms with Crippen LogP contribution in [0.1, 0.15) is 11.1 Å². The molecule has 0 saturated heterocycles. The monoisotopic (exact) mass is 470 g/mol. The quantitative estimate of drug-likeness (QED) is 0.406. The van der Waals surface area contributed by atoms with Crippen LogP contribution in [0.5, 0.6) is 34.5 Å². The van der Waals surface area contributed by atoms with Gasteiger partial charge in [0.1, 0.15) is 11.6 Å². The summed E-state index contributed by atoms with van der Waals surface area (Å²) in [5.74, 6) is 4.68. The number of benzene rings is 2. The fourth-order valence-electron chi connectivity index (χ4n) is 3.40. The lowest BCUT2D eigenvalue weighted by molar-refractivity contribution is 0.324. The van der Waals surface area contributed by atoms with Crippen LogP contribution in [0.25, 0.3) is 0 Å². The normalized spacial score (nSPS) is 10.3. The number of nitrogens with zero attached hydrogens (tertiary/aromatic N) is 2. The van der Waals surface area contributed by atoms with Crippen LogP contribution in [-0.2, 0) is 13.1 Å². The average Bonchev–Trinajstić information content (AvgIpc) is 2.89. The van der Waals surface area contributed by atoms with Crippen LogP contribution in [0.3, 0.4) is 0 Å². The first-order chi connectivity index (χ1) is 16.6. The highest BCUT2D eigenvalue weighted by Crippen LogP contribution is 2.39. The molecule has 34 heavy (non-hydrogen) atoms. The topological polar surface area (TPSA) is 105 Å². The number of ether oxygens (including phenoxy) is 6. The number of methoxy groups -OCH3 is 6. The summed E-state index contributed by atoms with van der Waals surface area (Å²) >= 11 is 0. The van der Waals surface area contributed by atoms with Gasteiger partial charge in [-0.3, -0.25) is 4.98 Å². The van der Waals surface area contributed by atoms with E-state index in [1.807, 2.05) is 24.3 Å². The highest BCUT2D eigenvalue weighted by atomic mass is 16.5. The molecule has 2 N–H and O–H groups in total. The Balaban J connectivity index is 1.69. The first-order valence-electron chi connectivity index (χ1n) is 10.4. The van der Waals surface area contributed by atoms with E-state index in [1.54, 1.807) is 55.1 Å². The molecule has 0 atom stereocenters. The van der Waals surface area contributed by atoms with Crippen LogP contribution in [-0.4, -0.2) is 52.6 Å². The second-order valence-corrected chi connectivity index (χ2v) is 7.06.